The zero-order valence-electron chi connectivity index (χ0n) is 6.83. The maximum Gasteiger partial charge on any atom is 0.321 e. The van der Waals surface area contributed by atoms with Crippen LogP contribution in [0.15, 0.2) is 5.16 Å². The number of nitriles is 1. The van der Waals surface area contributed by atoms with E-state index in [2.05, 4.69) is 17.0 Å². The Balaban J connectivity index is 4.34. The van der Waals surface area contributed by atoms with E-state index < -0.39 is 17.6 Å². The van der Waals surface area contributed by atoms with Gasteiger partial charge in [0.2, 0.25) is 5.71 Å². The molecule has 0 saturated heterocycles. The van der Waals surface area contributed by atoms with Crippen molar-refractivity contribution in [2.24, 2.45) is 5.16 Å². The summed E-state index contributed by atoms with van der Waals surface area (Å²) in [5.74, 6) is -0.953. The van der Waals surface area contributed by atoms with Crippen LogP contribution in [0.4, 0.5) is 4.79 Å². The lowest BCUT2D eigenvalue weighted by Gasteiger charge is -1.99. The van der Waals surface area contributed by atoms with E-state index >= 15 is 0 Å². The summed E-state index contributed by atoms with van der Waals surface area (Å²) in [5, 5.41) is 15.1. The summed E-state index contributed by atoms with van der Waals surface area (Å²) in [4.78, 5) is 25.6. The predicted octanol–water partition coefficient (Wildman–Crippen LogP) is -0.870. The third-order valence-corrected chi connectivity index (χ3v) is 0.891. The standard InChI is InChI=1S/C6H7N4O3/c1-8-6(12)9-5(11)4(3-7)10-13-2/h1H2,2H3,(H2,8,9,11,12). The lowest BCUT2D eigenvalue weighted by molar-refractivity contribution is -0.113. The first-order valence-corrected chi connectivity index (χ1v) is 3.05. The molecule has 2 N–H and O–H groups in total. The number of nitrogens with zero attached hydrogens (tertiary/aromatic N) is 2. The molecule has 0 saturated carbocycles. The maximum absolute atomic E-state index is 10.9. The zero-order valence-corrected chi connectivity index (χ0v) is 6.83. The van der Waals surface area contributed by atoms with Crippen molar-refractivity contribution in [3.8, 4) is 6.07 Å². The van der Waals surface area contributed by atoms with Gasteiger partial charge in [0.25, 0.3) is 5.91 Å². The molecule has 0 aliphatic carbocycles. The van der Waals surface area contributed by atoms with Crippen molar-refractivity contribution in [2.45, 2.75) is 0 Å². The Bertz CT molecular complexity index is 278. The number of hydrogen-bond donors (Lipinski definition) is 2. The van der Waals surface area contributed by atoms with Gasteiger partial charge in [0.15, 0.2) is 0 Å². The van der Waals surface area contributed by atoms with Crippen molar-refractivity contribution >= 4 is 17.6 Å². The molecule has 13 heavy (non-hydrogen) atoms. The fraction of sp³-hybridized carbons (Fsp3) is 0.167. The number of nitrogens with one attached hydrogen (secondary N) is 2. The molecule has 69 valence electrons. The number of carbonyl (C=O) groups excluding carboxylic acids is 2. The molecule has 0 rings (SSSR count). The van der Waals surface area contributed by atoms with Gasteiger partial charge >= 0.3 is 6.03 Å². The van der Waals surface area contributed by atoms with Gasteiger partial charge in [0.05, 0.1) is 0 Å². The highest BCUT2D eigenvalue weighted by Gasteiger charge is 2.13. The van der Waals surface area contributed by atoms with Gasteiger partial charge in [-0.2, -0.15) is 5.26 Å². The smallest absolute Gasteiger partial charge is 0.321 e. The van der Waals surface area contributed by atoms with E-state index in [1.165, 1.54) is 13.2 Å². The Morgan fingerprint density at radius 2 is 2.23 bits per heavy atom. The van der Waals surface area contributed by atoms with E-state index in [1.54, 1.807) is 5.32 Å². The molecule has 0 atom stereocenters. The molecule has 0 heterocycles. The Hall–Kier alpha value is -2.10. The summed E-state index contributed by atoms with van der Waals surface area (Å²) in [6.45, 7) is 0. The monoisotopic (exact) mass is 183 g/mol. The second-order valence-electron chi connectivity index (χ2n) is 1.69. The molecule has 0 aromatic carbocycles. The normalized spacial score (nSPS) is 9.77. The maximum atomic E-state index is 10.9. The Kier molecular flexibility index (Phi) is 4.64. The first-order valence-electron chi connectivity index (χ1n) is 3.05. The molecule has 7 nitrogen and oxygen atoms in total. The number of hydrogen-bond acceptors (Lipinski definition) is 5. The van der Waals surface area contributed by atoms with Crippen LogP contribution in [-0.4, -0.2) is 24.8 Å². The van der Waals surface area contributed by atoms with Gasteiger partial charge in [-0.1, -0.05) is 5.16 Å². The van der Waals surface area contributed by atoms with E-state index in [0.717, 1.165) is 0 Å². The molecule has 0 bridgehead atoms. The third kappa shape index (κ3) is 3.71. The van der Waals surface area contributed by atoms with Crippen LogP contribution in [0.1, 0.15) is 0 Å². The van der Waals surface area contributed by atoms with Gasteiger partial charge in [-0.25, -0.2) is 4.79 Å². The van der Waals surface area contributed by atoms with Gasteiger partial charge in [0.1, 0.15) is 13.2 Å². The fourth-order valence-corrected chi connectivity index (χ4v) is 0.410. The van der Waals surface area contributed by atoms with Crippen LogP contribution < -0.4 is 10.6 Å². The molecule has 0 fully saturated rings. The van der Waals surface area contributed by atoms with E-state index in [4.69, 9.17) is 5.26 Å². The largest absolute Gasteiger partial charge is 0.398 e. The highest BCUT2D eigenvalue weighted by atomic mass is 16.6. The molecule has 0 aromatic heterocycles. The molecule has 1 radical (unpaired) electrons. The minimum Gasteiger partial charge on any atom is -0.398 e. The molecular weight excluding hydrogens is 176 g/mol. The summed E-state index contributed by atoms with van der Waals surface area (Å²) in [5.41, 5.74) is -0.550. The summed E-state index contributed by atoms with van der Waals surface area (Å²) in [6, 6.07) is 0.615. The molecule has 0 aliphatic heterocycles. The van der Waals surface area contributed by atoms with Crippen LogP contribution in [0.5, 0.6) is 0 Å². The lowest BCUT2D eigenvalue weighted by atomic mass is 10.4. The minimum absolute atomic E-state index is 0.550. The number of carbonyl (C=O) groups is 2. The molecule has 0 unspecified atom stereocenters. The minimum atomic E-state index is -0.953. The Morgan fingerprint density at radius 1 is 1.62 bits per heavy atom. The van der Waals surface area contributed by atoms with Gasteiger partial charge in [-0.3, -0.25) is 10.1 Å². The van der Waals surface area contributed by atoms with Crippen LogP contribution in [0.25, 0.3) is 0 Å². The molecule has 7 heteroatoms. The molecular formula is C6H7N4O3. The third-order valence-electron chi connectivity index (χ3n) is 0.891. The van der Waals surface area contributed by atoms with Crippen LogP contribution >= 0.6 is 0 Å². The Morgan fingerprint density at radius 3 is 2.62 bits per heavy atom. The van der Waals surface area contributed by atoms with E-state index in [-0.39, 0.29) is 0 Å². The fourth-order valence-electron chi connectivity index (χ4n) is 0.410. The highest BCUT2D eigenvalue weighted by molar-refractivity contribution is 6.46. The lowest BCUT2D eigenvalue weighted by Crippen LogP contribution is -2.40. The average molecular weight is 183 g/mol. The van der Waals surface area contributed by atoms with E-state index in [9.17, 15) is 9.59 Å². The summed E-state index contributed by atoms with van der Waals surface area (Å²) < 4.78 is 0. The van der Waals surface area contributed by atoms with E-state index in [1.807, 2.05) is 5.32 Å². The summed E-state index contributed by atoms with van der Waals surface area (Å²) >= 11 is 0. The van der Waals surface area contributed by atoms with Gasteiger partial charge < -0.3 is 10.2 Å². The molecule has 0 spiro atoms. The van der Waals surface area contributed by atoms with Crippen molar-refractivity contribution < 1.29 is 14.4 Å². The predicted molar refractivity (Wildman–Crippen MR) is 42.1 cm³/mol. The Labute approximate surface area is 74.3 Å². The number of amides is 3. The number of imide groups is 1. The summed E-state index contributed by atoms with van der Waals surface area (Å²) in [6.07, 6.45) is 0. The van der Waals surface area contributed by atoms with Gasteiger partial charge in [-0.05, 0) is 0 Å². The van der Waals surface area contributed by atoms with Crippen molar-refractivity contribution in [1.29, 1.82) is 5.26 Å². The quantitative estimate of drug-likeness (QED) is 0.429. The molecule has 0 aliphatic rings. The number of urea groups is 1. The SMILES string of the molecule is [CH2]NC(=O)NC(=O)C(C#N)=NOC. The van der Waals surface area contributed by atoms with E-state index in [0.29, 0.717) is 0 Å². The molecule has 3 amide bonds. The average Bonchev–Trinajstić information content (AvgIpc) is 2.13. The topological polar surface area (TPSA) is 104 Å². The van der Waals surface area contributed by atoms with Crippen LogP contribution in [0.2, 0.25) is 0 Å². The van der Waals surface area contributed by atoms with Crippen molar-refractivity contribution in [1.82, 2.24) is 10.6 Å². The van der Waals surface area contributed by atoms with Crippen molar-refractivity contribution in [3.63, 3.8) is 0 Å². The second kappa shape index (κ2) is 5.54. The van der Waals surface area contributed by atoms with Crippen LogP contribution in [-0.2, 0) is 9.63 Å². The first-order chi connectivity index (χ1) is 6.15. The highest BCUT2D eigenvalue weighted by Crippen LogP contribution is 1.79. The van der Waals surface area contributed by atoms with Crippen LogP contribution in [0.3, 0.4) is 0 Å². The summed E-state index contributed by atoms with van der Waals surface area (Å²) in [7, 11) is 4.17. The first kappa shape index (κ1) is 10.9. The van der Waals surface area contributed by atoms with Crippen molar-refractivity contribution in [3.05, 3.63) is 7.05 Å². The number of oxime groups is 1. The van der Waals surface area contributed by atoms with Crippen LogP contribution in [0, 0.1) is 18.4 Å². The van der Waals surface area contributed by atoms with Gasteiger partial charge in [-0.15, -0.1) is 0 Å². The zero-order chi connectivity index (χ0) is 10.3. The molecule has 0 aromatic rings. The second-order valence-corrected chi connectivity index (χ2v) is 1.69. The van der Waals surface area contributed by atoms with Crippen molar-refractivity contribution in [2.75, 3.05) is 7.11 Å². The number of rotatable bonds is 2. The van der Waals surface area contributed by atoms with Gasteiger partial charge in [0, 0.05) is 7.05 Å².